The van der Waals surface area contributed by atoms with Crippen LogP contribution in [0.15, 0.2) is 18.2 Å². The van der Waals surface area contributed by atoms with Crippen LogP contribution in [0.4, 0.5) is 0 Å². The lowest BCUT2D eigenvalue weighted by atomic mass is 9.90. The van der Waals surface area contributed by atoms with Gasteiger partial charge in [-0.15, -0.1) is 0 Å². The molecule has 1 aromatic carbocycles. The summed E-state index contributed by atoms with van der Waals surface area (Å²) in [5, 5.41) is 0.672. The zero-order valence-electron chi connectivity index (χ0n) is 11.2. The highest BCUT2D eigenvalue weighted by Crippen LogP contribution is 2.37. The van der Waals surface area contributed by atoms with Crippen molar-refractivity contribution in [2.75, 3.05) is 19.8 Å². The Morgan fingerprint density at radius 3 is 2.63 bits per heavy atom. The molecule has 2 aliphatic rings. The van der Waals surface area contributed by atoms with E-state index in [0.29, 0.717) is 11.6 Å². The van der Waals surface area contributed by atoms with E-state index in [0.717, 1.165) is 38.2 Å². The van der Waals surface area contributed by atoms with Gasteiger partial charge in [-0.05, 0) is 37.0 Å². The van der Waals surface area contributed by atoms with E-state index in [-0.39, 0.29) is 11.0 Å². The molecule has 0 spiro atoms. The molecule has 1 aliphatic heterocycles. The fourth-order valence-electron chi connectivity index (χ4n) is 2.30. The van der Waals surface area contributed by atoms with Crippen molar-refractivity contribution in [2.24, 2.45) is 11.1 Å². The van der Waals surface area contributed by atoms with Crippen LogP contribution in [0.25, 0.3) is 0 Å². The van der Waals surface area contributed by atoms with Gasteiger partial charge in [0.1, 0.15) is 5.75 Å². The van der Waals surface area contributed by atoms with E-state index in [2.05, 4.69) is 13.0 Å². The molecular weight excluding hydrogens is 262 g/mol. The Bertz CT molecular complexity index is 481. The minimum Gasteiger partial charge on any atom is -0.491 e. The third kappa shape index (κ3) is 3.04. The number of benzene rings is 1. The Morgan fingerprint density at radius 1 is 1.37 bits per heavy atom. The van der Waals surface area contributed by atoms with Crippen molar-refractivity contribution in [1.82, 2.24) is 0 Å². The molecule has 2 N–H and O–H groups in total. The first kappa shape index (κ1) is 13.2. The van der Waals surface area contributed by atoms with Crippen molar-refractivity contribution in [3.05, 3.63) is 28.8 Å². The van der Waals surface area contributed by atoms with Gasteiger partial charge in [0.2, 0.25) is 0 Å². The summed E-state index contributed by atoms with van der Waals surface area (Å²) in [5.74, 6) is 0.750. The average Bonchev–Trinajstić information content (AvgIpc) is 3.03. The highest BCUT2D eigenvalue weighted by atomic mass is 35.5. The van der Waals surface area contributed by atoms with Gasteiger partial charge in [-0.1, -0.05) is 24.6 Å². The summed E-state index contributed by atoms with van der Waals surface area (Å²) in [4.78, 5) is 0. The molecule has 0 radical (unpaired) electrons. The van der Waals surface area contributed by atoms with Crippen LogP contribution >= 0.6 is 11.6 Å². The largest absolute Gasteiger partial charge is 0.491 e. The summed E-state index contributed by atoms with van der Waals surface area (Å²) in [6, 6.07) is 5.99. The molecule has 1 saturated heterocycles. The molecule has 0 amide bonds. The SMILES string of the molecule is CC1(COc2ccc(CC3(N)CC3)cc2Cl)COC1. The van der Waals surface area contributed by atoms with Crippen LogP contribution in [0, 0.1) is 5.41 Å². The second-order valence-corrected chi connectivity index (χ2v) is 6.80. The number of nitrogens with two attached hydrogens (primary N) is 1. The Balaban J connectivity index is 1.62. The third-order valence-corrected chi connectivity index (χ3v) is 4.22. The van der Waals surface area contributed by atoms with Crippen LogP contribution in [-0.2, 0) is 11.2 Å². The van der Waals surface area contributed by atoms with Crippen molar-refractivity contribution in [3.8, 4) is 5.75 Å². The molecule has 0 atom stereocenters. The molecule has 4 heteroatoms. The first-order valence-electron chi connectivity index (χ1n) is 6.76. The van der Waals surface area contributed by atoms with E-state index in [1.807, 2.05) is 12.1 Å². The average molecular weight is 282 g/mol. The number of ether oxygens (including phenoxy) is 2. The summed E-state index contributed by atoms with van der Waals surface area (Å²) in [6.45, 7) is 4.33. The quantitative estimate of drug-likeness (QED) is 0.903. The van der Waals surface area contributed by atoms with Gasteiger partial charge in [0.05, 0.1) is 24.8 Å². The van der Waals surface area contributed by atoms with E-state index in [9.17, 15) is 0 Å². The summed E-state index contributed by atoms with van der Waals surface area (Å²) >= 11 is 6.27. The molecular formula is C15H20ClNO2. The van der Waals surface area contributed by atoms with Gasteiger partial charge in [0, 0.05) is 11.0 Å². The fraction of sp³-hybridized carbons (Fsp3) is 0.600. The molecule has 1 saturated carbocycles. The van der Waals surface area contributed by atoms with E-state index in [1.54, 1.807) is 0 Å². The molecule has 104 valence electrons. The fourth-order valence-corrected chi connectivity index (χ4v) is 2.56. The molecule has 0 unspecified atom stereocenters. The number of halogens is 1. The van der Waals surface area contributed by atoms with Gasteiger partial charge in [0.15, 0.2) is 0 Å². The maximum atomic E-state index is 6.27. The molecule has 1 aromatic rings. The van der Waals surface area contributed by atoms with E-state index in [1.165, 1.54) is 5.56 Å². The lowest BCUT2D eigenvalue weighted by molar-refractivity contribution is -0.120. The van der Waals surface area contributed by atoms with Crippen molar-refractivity contribution < 1.29 is 9.47 Å². The third-order valence-electron chi connectivity index (χ3n) is 3.92. The maximum absolute atomic E-state index is 6.27. The van der Waals surface area contributed by atoms with Crippen molar-refractivity contribution in [1.29, 1.82) is 0 Å². The van der Waals surface area contributed by atoms with Crippen molar-refractivity contribution >= 4 is 11.6 Å². The monoisotopic (exact) mass is 281 g/mol. The topological polar surface area (TPSA) is 44.5 Å². The molecule has 19 heavy (non-hydrogen) atoms. The molecule has 0 aromatic heterocycles. The zero-order chi connectivity index (χ0) is 13.5. The number of hydrogen-bond donors (Lipinski definition) is 1. The Kier molecular flexibility index (Phi) is 3.24. The van der Waals surface area contributed by atoms with Gasteiger partial charge in [-0.25, -0.2) is 0 Å². The normalized spacial score (nSPS) is 22.7. The number of rotatable bonds is 5. The number of hydrogen-bond acceptors (Lipinski definition) is 3. The van der Waals surface area contributed by atoms with Crippen LogP contribution in [0.2, 0.25) is 5.02 Å². The van der Waals surface area contributed by atoms with Gasteiger partial charge >= 0.3 is 0 Å². The van der Waals surface area contributed by atoms with Crippen molar-refractivity contribution in [3.63, 3.8) is 0 Å². The van der Waals surface area contributed by atoms with Crippen LogP contribution in [-0.4, -0.2) is 25.4 Å². The van der Waals surface area contributed by atoms with E-state index in [4.69, 9.17) is 26.8 Å². The Morgan fingerprint density at radius 2 is 2.11 bits per heavy atom. The summed E-state index contributed by atoms with van der Waals surface area (Å²) in [6.07, 6.45) is 3.13. The van der Waals surface area contributed by atoms with E-state index < -0.39 is 0 Å². The first-order valence-corrected chi connectivity index (χ1v) is 7.14. The van der Waals surface area contributed by atoms with Crippen LogP contribution in [0.3, 0.4) is 0 Å². The van der Waals surface area contributed by atoms with Crippen molar-refractivity contribution in [2.45, 2.75) is 31.7 Å². The van der Waals surface area contributed by atoms with Gasteiger partial charge in [0.25, 0.3) is 0 Å². The minimum atomic E-state index is 0.0163. The second-order valence-electron chi connectivity index (χ2n) is 6.40. The highest BCUT2D eigenvalue weighted by molar-refractivity contribution is 6.32. The molecule has 0 bridgehead atoms. The molecule has 1 aliphatic carbocycles. The van der Waals surface area contributed by atoms with Crippen LogP contribution in [0.5, 0.6) is 5.75 Å². The Hall–Kier alpha value is -0.770. The molecule has 1 heterocycles. The predicted molar refractivity (Wildman–Crippen MR) is 75.7 cm³/mol. The molecule has 2 fully saturated rings. The zero-order valence-corrected chi connectivity index (χ0v) is 12.0. The van der Waals surface area contributed by atoms with Gasteiger partial charge < -0.3 is 15.2 Å². The summed E-state index contributed by atoms with van der Waals surface area (Å²) < 4.78 is 11.0. The molecule has 3 rings (SSSR count). The Labute approximate surface area is 119 Å². The lowest BCUT2D eigenvalue weighted by Crippen LogP contribution is -2.44. The lowest BCUT2D eigenvalue weighted by Gasteiger charge is -2.37. The predicted octanol–water partition coefficient (Wildman–Crippen LogP) is 2.79. The van der Waals surface area contributed by atoms with Crippen LogP contribution in [0.1, 0.15) is 25.3 Å². The summed E-state index contributed by atoms with van der Waals surface area (Å²) in [5.41, 5.74) is 7.46. The first-order chi connectivity index (χ1) is 8.98. The van der Waals surface area contributed by atoms with Gasteiger partial charge in [-0.2, -0.15) is 0 Å². The highest BCUT2D eigenvalue weighted by Gasteiger charge is 2.38. The minimum absolute atomic E-state index is 0.0163. The second kappa shape index (κ2) is 4.65. The summed E-state index contributed by atoms with van der Waals surface area (Å²) in [7, 11) is 0. The maximum Gasteiger partial charge on any atom is 0.137 e. The standard InChI is InChI=1S/C15H20ClNO2/c1-14(8-18-9-14)10-19-13-3-2-11(6-12(13)16)7-15(17)4-5-15/h2-3,6H,4-5,7-10,17H2,1H3. The molecule has 3 nitrogen and oxygen atoms in total. The smallest absolute Gasteiger partial charge is 0.137 e. The van der Waals surface area contributed by atoms with E-state index >= 15 is 0 Å². The van der Waals surface area contributed by atoms with Gasteiger partial charge in [-0.3, -0.25) is 0 Å². The van der Waals surface area contributed by atoms with Crippen LogP contribution < -0.4 is 10.5 Å².